The lowest BCUT2D eigenvalue weighted by atomic mass is 10.2. The van der Waals surface area contributed by atoms with Crippen LogP contribution in [0, 0.1) is 6.92 Å². The molecule has 1 aliphatic rings. The molecule has 0 N–H and O–H groups in total. The molecule has 6 heteroatoms. The van der Waals surface area contributed by atoms with Crippen molar-refractivity contribution in [2.24, 2.45) is 0 Å². The fourth-order valence-electron chi connectivity index (χ4n) is 2.91. The van der Waals surface area contributed by atoms with Gasteiger partial charge in [-0.25, -0.2) is 0 Å². The highest BCUT2D eigenvalue weighted by molar-refractivity contribution is 6.05. The molecule has 1 aliphatic heterocycles. The number of aryl methyl sites for hydroxylation is 1. The van der Waals surface area contributed by atoms with Gasteiger partial charge in [-0.1, -0.05) is 12.1 Å². The summed E-state index contributed by atoms with van der Waals surface area (Å²) in [4.78, 5) is 41.3. The minimum absolute atomic E-state index is 0.0229. The van der Waals surface area contributed by atoms with E-state index in [1.807, 2.05) is 38.1 Å². The Morgan fingerprint density at radius 1 is 1.08 bits per heavy atom. The molecule has 0 aliphatic carbocycles. The number of nitrogens with zero attached hydrogens (tertiary/aromatic N) is 3. The van der Waals surface area contributed by atoms with E-state index in [0.29, 0.717) is 32.7 Å². The number of carbonyl (C=O) groups is 3. The molecule has 130 valence electrons. The molecule has 1 saturated heterocycles. The van der Waals surface area contributed by atoms with Crippen LogP contribution in [0.25, 0.3) is 0 Å². The fourth-order valence-corrected chi connectivity index (χ4v) is 2.91. The van der Waals surface area contributed by atoms with Crippen LogP contribution < -0.4 is 4.90 Å². The number of hydrogen-bond acceptors (Lipinski definition) is 3. The third kappa shape index (κ3) is 4.34. The Balaban J connectivity index is 1.95. The molecule has 1 aromatic rings. The highest BCUT2D eigenvalue weighted by Crippen LogP contribution is 2.17. The van der Waals surface area contributed by atoms with E-state index in [4.69, 9.17) is 0 Å². The van der Waals surface area contributed by atoms with E-state index >= 15 is 0 Å². The second-order valence-electron chi connectivity index (χ2n) is 6.04. The van der Waals surface area contributed by atoms with Gasteiger partial charge in [0.2, 0.25) is 17.7 Å². The first kappa shape index (κ1) is 18.0. The summed E-state index contributed by atoms with van der Waals surface area (Å²) in [6.45, 7) is 7.97. The first-order valence-electron chi connectivity index (χ1n) is 8.32. The molecule has 0 unspecified atom stereocenters. The summed E-state index contributed by atoms with van der Waals surface area (Å²) < 4.78 is 0. The van der Waals surface area contributed by atoms with Gasteiger partial charge in [-0.2, -0.15) is 0 Å². The van der Waals surface area contributed by atoms with Crippen LogP contribution in [0.15, 0.2) is 24.3 Å². The maximum atomic E-state index is 12.5. The Morgan fingerprint density at radius 3 is 2.25 bits per heavy atom. The number of amides is 3. The monoisotopic (exact) mass is 331 g/mol. The van der Waals surface area contributed by atoms with Crippen molar-refractivity contribution < 1.29 is 14.4 Å². The number of benzene rings is 1. The van der Waals surface area contributed by atoms with Crippen molar-refractivity contribution in [2.45, 2.75) is 27.2 Å². The molecule has 1 aromatic carbocycles. The van der Waals surface area contributed by atoms with E-state index in [1.165, 1.54) is 6.92 Å². The van der Waals surface area contributed by atoms with Crippen molar-refractivity contribution in [3.63, 3.8) is 0 Å². The fraction of sp³-hybridized carbons (Fsp3) is 0.500. The predicted molar refractivity (Wildman–Crippen MR) is 92.7 cm³/mol. The van der Waals surface area contributed by atoms with E-state index in [0.717, 1.165) is 11.3 Å². The average molecular weight is 331 g/mol. The molecule has 1 fully saturated rings. The Labute approximate surface area is 143 Å². The van der Waals surface area contributed by atoms with E-state index < -0.39 is 0 Å². The van der Waals surface area contributed by atoms with Crippen LogP contribution in [0.3, 0.4) is 0 Å². The van der Waals surface area contributed by atoms with Crippen LogP contribution in [-0.2, 0) is 14.4 Å². The van der Waals surface area contributed by atoms with Gasteiger partial charge in [0.25, 0.3) is 0 Å². The zero-order valence-corrected chi connectivity index (χ0v) is 14.6. The molecule has 0 bridgehead atoms. The van der Waals surface area contributed by atoms with Gasteiger partial charge in [-0.3, -0.25) is 14.4 Å². The molecule has 24 heavy (non-hydrogen) atoms. The summed E-state index contributed by atoms with van der Waals surface area (Å²) in [5.41, 5.74) is 1.89. The summed E-state index contributed by atoms with van der Waals surface area (Å²) in [5.74, 6) is -0.341. The van der Waals surface area contributed by atoms with E-state index in [9.17, 15) is 14.4 Å². The smallest absolute Gasteiger partial charge is 0.236 e. The molecule has 3 amide bonds. The lowest BCUT2D eigenvalue weighted by Crippen LogP contribution is -2.50. The van der Waals surface area contributed by atoms with Crippen LogP contribution in [0.5, 0.6) is 0 Å². The molecule has 0 spiro atoms. The van der Waals surface area contributed by atoms with Gasteiger partial charge in [-0.15, -0.1) is 0 Å². The van der Waals surface area contributed by atoms with Gasteiger partial charge in [-0.05, 0) is 31.5 Å². The molecular formula is C18H25N3O3. The lowest BCUT2D eigenvalue weighted by Gasteiger charge is -2.34. The van der Waals surface area contributed by atoms with Gasteiger partial charge < -0.3 is 14.7 Å². The van der Waals surface area contributed by atoms with Crippen LogP contribution >= 0.6 is 0 Å². The topological polar surface area (TPSA) is 60.9 Å². The highest BCUT2D eigenvalue weighted by Gasteiger charge is 2.25. The zero-order valence-electron chi connectivity index (χ0n) is 14.6. The standard InChI is InChI=1S/C18H25N3O3/c1-4-21(16-7-5-6-14(2)12-16)18(24)13-17(23)20-10-8-19(9-11-20)15(3)22/h5-7,12H,4,8-11,13H2,1-3H3. The third-order valence-corrected chi connectivity index (χ3v) is 4.31. The first-order chi connectivity index (χ1) is 11.4. The molecule has 2 rings (SSSR count). The summed E-state index contributed by atoms with van der Waals surface area (Å²) in [5, 5.41) is 0. The zero-order chi connectivity index (χ0) is 17.7. The summed E-state index contributed by atoms with van der Waals surface area (Å²) in [6.07, 6.45) is -0.137. The maximum absolute atomic E-state index is 12.5. The van der Waals surface area contributed by atoms with E-state index in [-0.39, 0.29) is 24.1 Å². The number of anilines is 1. The Hall–Kier alpha value is -2.37. The maximum Gasteiger partial charge on any atom is 0.236 e. The minimum atomic E-state index is -0.193. The van der Waals surface area contributed by atoms with Crippen molar-refractivity contribution in [1.82, 2.24) is 9.80 Å². The third-order valence-electron chi connectivity index (χ3n) is 4.31. The van der Waals surface area contributed by atoms with Crippen LogP contribution in [-0.4, -0.2) is 60.2 Å². The molecule has 0 atom stereocenters. The quantitative estimate of drug-likeness (QED) is 0.784. The summed E-state index contributed by atoms with van der Waals surface area (Å²) >= 11 is 0. The van der Waals surface area contributed by atoms with Crippen molar-refractivity contribution in [3.8, 4) is 0 Å². The largest absolute Gasteiger partial charge is 0.339 e. The van der Waals surface area contributed by atoms with Crippen LogP contribution in [0.4, 0.5) is 5.69 Å². The van der Waals surface area contributed by atoms with E-state index in [2.05, 4.69) is 0 Å². The average Bonchev–Trinajstić information content (AvgIpc) is 2.55. The van der Waals surface area contributed by atoms with Gasteiger partial charge >= 0.3 is 0 Å². The normalized spacial score (nSPS) is 14.5. The molecule has 6 nitrogen and oxygen atoms in total. The van der Waals surface area contributed by atoms with Gasteiger partial charge in [0.1, 0.15) is 6.42 Å². The molecule has 0 saturated carbocycles. The lowest BCUT2D eigenvalue weighted by molar-refractivity contribution is -0.140. The summed E-state index contributed by atoms with van der Waals surface area (Å²) in [6, 6.07) is 7.70. The second kappa shape index (κ2) is 7.95. The van der Waals surface area contributed by atoms with Crippen LogP contribution in [0.2, 0.25) is 0 Å². The van der Waals surface area contributed by atoms with Crippen molar-refractivity contribution in [3.05, 3.63) is 29.8 Å². The molecule has 1 heterocycles. The Morgan fingerprint density at radius 2 is 1.71 bits per heavy atom. The second-order valence-corrected chi connectivity index (χ2v) is 6.04. The van der Waals surface area contributed by atoms with Gasteiger partial charge in [0, 0.05) is 45.3 Å². The van der Waals surface area contributed by atoms with E-state index in [1.54, 1.807) is 14.7 Å². The van der Waals surface area contributed by atoms with Gasteiger partial charge in [0.15, 0.2) is 0 Å². The number of rotatable bonds is 4. The van der Waals surface area contributed by atoms with Gasteiger partial charge in [0.05, 0.1) is 0 Å². The summed E-state index contributed by atoms with van der Waals surface area (Å²) in [7, 11) is 0. The molecular weight excluding hydrogens is 306 g/mol. The van der Waals surface area contributed by atoms with Crippen molar-refractivity contribution >= 4 is 23.4 Å². The number of piperazine rings is 1. The van der Waals surface area contributed by atoms with Crippen LogP contribution in [0.1, 0.15) is 25.8 Å². The SMILES string of the molecule is CCN(C(=O)CC(=O)N1CCN(C(C)=O)CC1)c1cccc(C)c1. The Bertz CT molecular complexity index is 622. The molecule has 0 radical (unpaired) electrons. The van der Waals surface area contributed by atoms with Crippen molar-refractivity contribution in [2.75, 3.05) is 37.6 Å². The highest BCUT2D eigenvalue weighted by atomic mass is 16.2. The Kier molecular flexibility index (Phi) is 5.95. The predicted octanol–water partition coefficient (Wildman–Crippen LogP) is 1.43. The molecule has 0 aromatic heterocycles. The number of carbonyl (C=O) groups excluding carboxylic acids is 3. The number of hydrogen-bond donors (Lipinski definition) is 0. The first-order valence-corrected chi connectivity index (χ1v) is 8.32. The van der Waals surface area contributed by atoms with Crippen molar-refractivity contribution in [1.29, 1.82) is 0 Å². The minimum Gasteiger partial charge on any atom is -0.339 e.